The van der Waals surface area contributed by atoms with Crippen LogP contribution in [0.2, 0.25) is 0 Å². The summed E-state index contributed by atoms with van der Waals surface area (Å²) < 4.78 is 32.6. The smallest absolute Gasteiger partial charge is 0.324 e. The van der Waals surface area contributed by atoms with Gasteiger partial charge in [-0.15, -0.1) is 0 Å². The van der Waals surface area contributed by atoms with Gasteiger partial charge in [-0.05, 0) is 41.5 Å². The Morgan fingerprint density at radius 3 is 1.94 bits per heavy atom. The zero-order valence-electron chi connectivity index (χ0n) is 11.2. The number of esters is 1. The van der Waals surface area contributed by atoms with Gasteiger partial charge in [0.2, 0.25) is 0 Å². The molecule has 0 aliphatic rings. The van der Waals surface area contributed by atoms with Crippen molar-refractivity contribution in [3.8, 4) is 0 Å². The normalized spacial score (nSPS) is 14.8. The van der Waals surface area contributed by atoms with Gasteiger partial charge in [-0.1, -0.05) is 0 Å². The third-order valence-corrected chi connectivity index (χ3v) is 2.93. The minimum Gasteiger partial charge on any atom is -0.459 e. The molecule has 0 rings (SSSR count). The van der Waals surface area contributed by atoms with Crippen LogP contribution in [0.15, 0.2) is 0 Å². The molecule has 0 amide bonds. The highest BCUT2D eigenvalue weighted by Gasteiger charge is 2.25. The van der Waals surface area contributed by atoms with Gasteiger partial charge in [-0.25, -0.2) is 0 Å². The molecule has 0 spiro atoms. The van der Waals surface area contributed by atoms with Crippen molar-refractivity contribution < 1.29 is 17.9 Å². The number of nitrogens with one attached hydrogen (secondary N) is 2. The van der Waals surface area contributed by atoms with E-state index >= 15 is 0 Å². The molecule has 0 aromatic rings. The highest BCUT2D eigenvalue weighted by molar-refractivity contribution is 7.87. The topological polar surface area (TPSA) is 84.5 Å². The summed E-state index contributed by atoms with van der Waals surface area (Å²) in [6.07, 6.45) is 0. The maximum atomic E-state index is 11.5. The van der Waals surface area contributed by atoms with Gasteiger partial charge in [-0.2, -0.15) is 17.9 Å². The van der Waals surface area contributed by atoms with E-state index in [0.717, 1.165) is 0 Å². The van der Waals surface area contributed by atoms with E-state index < -0.39 is 27.8 Å². The SMILES string of the molecule is CC(C)NS(=O)(=O)N[C@H](C)C(=O)OC(C)(C)C. The molecule has 0 aromatic carbocycles. The Bertz CT molecular complexity index is 357. The molecule has 6 nitrogen and oxygen atoms in total. The Morgan fingerprint density at radius 2 is 1.59 bits per heavy atom. The predicted molar refractivity (Wildman–Crippen MR) is 65.6 cm³/mol. The molecule has 1 atom stereocenters. The average Bonchev–Trinajstić information content (AvgIpc) is 1.96. The van der Waals surface area contributed by atoms with Crippen molar-refractivity contribution in [2.24, 2.45) is 0 Å². The molecular formula is C10H22N2O4S. The van der Waals surface area contributed by atoms with Crippen molar-refractivity contribution in [2.45, 2.75) is 59.2 Å². The largest absolute Gasteiger partial charge is 0.459 e. The predicted octanol–water partition coefficient (Wildman–Crippen LogP) is 0.549. The second-order valence-electron chi connectivity index (χ2n) is 5.15. The second-order valence-corrected chi connectivity index (χ2v) is 6.63. The molecule has 0 aromatic heterocycles. The Hall–Kier alpha value is -0.660. The molecule has 0 bridgehead atoms. The quantitative estimate of drug-likeness (QED) is 0.712. The minimum atomic E-state index is -3.68. The van der Waals surface area contributed by atoms with E-state index in [-0.39, 0.29) is 6.04 Å². The van der Waals surface area contributed by atoms with Gasteiger partial charge < -0.3 is 4.74 Å². The number of rotatable bonds is 5. The number of hydrogen-bond donors (Lipinski definition) is 2. The lowest BCUT2D eigenvalue weighted by atomic mass is 10.2. The first-order valence-corrected chi connectivity index (χ1v) is 6.94. The minimum absolute atomic E-state index is 0.238. The number of carbonyl (C=O) groups is 1. The van der Waals surface area contributed by atoms with Crippen LogP contribution < -0.4 is 9.44 Å². The molecule has 0 aliphatic carbocycles. The molecule has 0 fully saturated rings. The molecule has 0 saturated carbocycles. The highest BCUT2D eigenvalue weighted by atomic mass is 32.2. The van der Waals surface area contributed by atoms with Crippen LogP contribution in [0.25, 0.3) is 0 Å². The summed E-state index contributed by atoms with van der Waals surface area (Å²) in [5, 5.41) is 0. The molecule has 102 valence electrons. The van der Waals surface area contributed by atoms with Gasteiger partial charge in [0.1, 0.15) is 11.6 Å². The van der Waals surface area contributed by atoms with Crippen LogP contribution in [-0.4, -0.2) is 32.1 Å². The van der Waals surface area contributed by atoms with Crippen LogP contribution in [0.1, 0.15) is 41.5 Å². The standard InChI is InChI=1S/C10H22N2O4S/c1-7(2)11-17(14,15)12-8(3)9(13)16-10(4,5)6/h7-8,11-12H,1-6H3/t8-/m1/s1. The van der Waals surface area contributed by atoms with Crippen LogP contribution in [-0.2, 0) is 19.7 Å². The van der Waals surface area contributed by atoms with Gasteiger partial charge in [0.25, 0.3) is 10.2 Å². The number of ether oxygens (including phenoxy) is 1. The van der Waals surface area contributed by atoms with Gasteiger partial charge in [0.05, 0.1) is 0 Å². The lowest BCUT2D eigenvalue weighted by molar-refractivity contribution is -0.156. The zero-order chi connectivity index (χ0) is 13.9. The third-order valence-electron chi connectivity index (χ3n) is 1.48. The van der Waals surface area contributed by atoms with Gasteiger partial charge in [0, 0.05) is 6.04 Å². The van der Waals surface area contributed by atoms with E-state index in [9.17, 15) is 13.2 Å². The van der Waals surface area contributed by atoms with Crippen molar-refractivity contribution >= 4 is 16.2 Å². The average molecular weight is 266 g/mol. The Labute approximate surface area is 103 Å². The molecule has 0 heterocycles. The van der Waals surface area contributed by atoms with E-state index in [1.54, 1.807) is 34.6 Å². The first-order chi connectivity index (χ1) is 7.43. The van der Waals surface area contributed by atoms with Crippen molar-refractivity contribution in [2.75, 3.05) is 0 Å². The van der Waals surface area contributed by atoms with E-state index in [1.807, 2.05) is 0 Å². The molecule has 0 unspecified atom stereocenters. The lowest BCUT2D eigenvalue weighted by Crippen LogP contribution is -2.48. The van der Waals surface area contributed by atoms with Crippen molar-refractivity contribution in [3.05, 3.63) is 0 Å². The summed E-state index contributed by atoms with van der Waals surface area (Å²) in [7, 11) is -3.68. The number of carbonyl (C=O) groups excluding carboxylic acids is 1. The van der Waals surface area contributed by atoms with Crippen LogP contribution >= 0.6 is 0 Å². The summed E-state index contributed by atoms with van der Waals surface area (Å²) in [5.74, 6) is -0.605. The lowest BCUT2D eigenvalue weighted by Gasteiger charge is -2.23. The first-order valence-electron chi connectivity index (χ1n) is 5.45. The molecule has 7 heteroatoms. The fourth-order valence-corrected chi connectivity index (χ4v) is 2.27. The Balaban J connectivity index is 4.45. The van der Waals surface area contributed by atoms with Crippen molar-refractivity contribution in [1.29, 1.82) is 0 Å². The van der Waals surface area contributed by atoms with E-state index in [4.69, 9.17) is 4.74 Å². The van der Waals surface area contributed by atoms with Crippen LogP contribution in [0.4, 0.5) is 0 Å². The zero-order valence-corrected chi connectivity index (χ0v) is 12.0. The monoisotopic (exact) mass is 266 g/mol. The molecule has 0 saturated heterocycles. The highest BCUT2D eigenvalue weighted by Crippen LogP contribution is 2.08. The van der Waals surface area contributed by atoms with Gasteiger partial charge in [-0.3, -0.25) is 4.79 Å². The maximum absolute atomic E-state index is 11.5. The second kappa shape index (κ2) is 5.79. The van der Waals surface area contributed by atoms with Crippen LogP contribution in [0.5, 0.6) is 0 Å². The molecular weight excluding hydrogens is 244 g/mol. The third kappa shape index (κ3) is 8.12. The summed E-state index contributed by atoms with van der Waals surface area (Å²) in [6, 6.07) is -1.16. The van der Waals surface area contributed by atoms with E-state index in [2.05, 4.69) is 9.44 Å². The maximum Gasteiger partial charge on any atom is 0.324 e. The van der Waals surface area contributed by atoms with Crippen molar-refractivity contribution in [3.63, 3.8) is 0 Å². The first kappa shape index (κ1) is 16.3. The van der Waals surface area contributed by atoms with Gasteiger partial charge in [0.15, 0.2) is 0 Å². The van der Waals surface area contributed by atoms with E-state index in [0.29, 0.717) is 0 Å². The Morgan fingerprint density at radius 1 is 1.12 bits per heavy atom. The van der Waals surface area contributed by atoms with Gasteiger partial charge >= 0.3 is 5.97 Å². The molecule has 17 heavy (non-hydrogen) atoms. The summed E-state index contributed by atoms with van der Waals surface area (Å²) in [6.45, 7) is 9.98. The molecule has 0 aliphatic heterocycles. The Kier molecular flexibility index (Phi) is 5.57. The van der Waals surface area contributed by atoms with Crippen molar-refractivity contribution in [1.82, 2.24) is 9.44 Å². The summed E-state index contributed by atoms with van der Waals surface area (Å²) >= 11 is 0. The van der Waals surface area contributed by atoms with Crippen LogP contribution in [0.3, 0.4) is 0 Å². The number of hydrogen-bond acceptors (Lipinski definition) is 4. The fourth-order valence-electron chi connectivity index (χ4n) is 1.02. The summed E-state index contributed by atoms with van der Waals surface area (Å²) in [5.41, 5.74) is -0.637. The molecule has 0 radical (unpaired) electrons. The summed E-state index contributed by atoms with van der Waals surface area (Å²) in [4.78, 5) is 11.5. The fraction of sp³-hybridized carbons (Fsp3) is 0.900. The van der Waals surface area contributed by atoms with E-state index in [1.165, 1.54) is 6.92 Å². The van der Waals surface area contributed by atoms with Crippen LogP contribution in [0, 0.1) is 0 Å². The molecule has 2 N–H and O–H groups in total.